The molecule has 1 rings (SSSR count). The number of hydrogen-bond donors (Lipinski definition) is 1. The first kappa shape index (κ1) is 14.3. The smallest absolute Gasteiger partial charge is 0.405 e. The number of amides is 1. The number of carbonyl (C=O) groups is 1. The van der Waals surface area contributed by atoms with Crippen LogP contribution in [0.3, 0.4) is 0 Å². The lowest BCUT2D eigenvalue weighted by atomic mass is 9.86. The highest BCUT2D eigenvalue weighted by atomic mass is 16.6. The first-order valence-electron chi connectivity index (χ1n) is 6.52. The number of nitrogens with zero attached hydrogens (tertiary/aromatic N) is 1. The van der Waals surface area contributed by atoms with Gasteiger partial charge in [0.15, 0.2) is 0 Å². The zero-order valence-electron chi connectivity index (χ0n) is 11.5. The molecule has 0 radical (unpaired) electrons. The Bertz CT molecular complexity index is 256. The molecule has 0 bridgehead atoms. The first-order valence-corrected chi connectivity index (χ1v) is 6.52. The maximum absolute atomic E-state index is 10.8. The summed E-state index contributed by atoms with van der Waals surface area (Å²) in [6, 6.07) is 0.630. The topological polar surface area (TPSA) is 55.6 Å². The van der Waals surface area contributed by atoms with Crippen molar-refractivity contribution in [3.8, 4) is 0 Å². The number of primary amides is 1. The standard InChI is InChI=1S/C13H26N2O2/c1-10(2)15-7-5-11(6-8-15)9-13(3,4)17-12(14)16/h10-11H,5-9H2,1-4H3,(H2,14,16). The molecule has 1 saturated heterocycles. The first-order chi connectivity index (χ1) is 7.80. The lowest BCUT2D eigenvalue weighted by Gasteiger charge is -2.37. The van der Waals surface area contributed by atoms with Gasteiger partial charge in [0.25, 0.3) is 0 Å². The van der Waals surface area contributed by atoms with E-state index in [0.29, 0.717) is 12.0 Å². The Morgan fingerprint density at radius 1 is 1.41 bits per heavy atom. The van der Waals surface area contributed by atoms with Crippen molar-refractivity contribution in [1.29, 1.82) is 0 Å². The van der Waals surface area contributed by atoms with E-state index < -0.39 is 11.7 Å². The Morgan fingerprint density at radius 2 is 1.94 bits per heavy atom. The number of carbonyl (C=O) groups excluding carboxylic acids is 1. The van der Waals surface area contributed by atoms with Crippen LogP contribution in [0.1, 0.15) is 47.0 Å². The molecule has 1 fully saturated rings. The lowest BCUT2D eigenvalue weighted by Crippen LogP contribution is -2.41. The summed E-state index contributed by atoms with van der Waals surface area (Å²) in [5.74, 6) is 0.638. The minimum absolute atomic E-state index is 0.434. The van der Waals surface area contributed by atoms with Gasteiger partial charge in [-0.1, -0.05) is 0 Å². The summed E-state index contributed by atoms with van der Waals surface area (Å²) in [5.41, 5.74) is 4.64. The molecule has 0 atom stereocenters. The van der Waals surface area contributed by atoms with Crippen LogP contribution in [0.2, 0.25) is 0 Å². The molecular formula is C13H26N2O2. The quantitative estimate of drug-likeness (QED) is 0.823. The number of nitrogens with two attached hydrogens (primary N) is 1. The molecule has 0 saturated carbocycles. The highest BCUT2D eigenvalue weighted by molar-refractivity contribution is 5.65. The van der Waals surface area contributed by atoms with E-state index in [1.807, 2.05) is 13.8 Å². The van der Waals surface area contributed by atoms with Gasteiger partial charge in [-0.2, -0.15) is 0 Å². The third-order valence-electron chi connectivity index (χ3n) is 3.54. The van der Waals surface area contributed by atoms with Crippen molar-refractivity contribution < 1.29 is 9.53 Å². The second-order valence-electron chi connectivity index (χ2n) is 5.96. The lowest BCUT2D eigenvalue weighted by molar-refractivity contribution is 0.0152. The van der Waals surface area contributed by atoms with Crippen LogP contribution in [-0.2, 0) is 4.74 Å². The van der Waals surface area contributed by atoms with Gasteiger partial charge in [0.2, 0.25) is 0 Å². The van der Waals surface area contributed by atoms with Crippen LogP contribution in [0.4, 0.5) is 4.79 Å². The number of hydrogen-bond acceptors (Lipinski definition) is 3. The monoisotopic (exact) mass is 242 g/mol. The van der Waals surface area contributed by atoms with E-state index >= 15 is 0 Å². The van der Waals surface area contributed by atoms with Crippen molar-refractivity contribution in [2.75, 3.05) is 13.1 Å². The fraction of sp³-hybridized carbons (Fsp3) is 0.923. The van der Waals surface area contributed by atoms with Gasteiger partial charge in [0, 0.05) is 6.04 Å². The highest BCUT2D eigenvalue weighted by Crippen LogP contribution is 2.28. The fourth-order valence-corrected chi connectivity index (χ4v) is 2.68. The summed E-state index contributed by atoms with van der Waals surface area (Å²) < 4.78 is 5.14. The molecule has 4 nitrogen and oxygen atoms in total. The van der Waals surface area contributed by atoms with Crippen LogP contribution in [0.15, 0.2) is 0 Å². The van der Waals surface area contributed by atoms with E-state index in [2.05, 4.69) is 18.7 Å². The van der Waals surface area contributed by atoms with Crippen molar-refractivity contribution in [2.45, 2.75) is 58.6 Å². The summed E-state index contributed by atoms with van der Waals surface area (Å²) in [7, 11) is 0. The molecule has 0 aromatic rings. The van der Waals surface area contributed by atoms with Gasteiger partial charge in [-0.15, -0.1) is 0 Å². The van der Waals surface area contributed by atoms with Gasteiger partial charge in [0.05, 0.1) is 0 Å². The molecular weight excluding hydrogens is 216 g/mol. The minimum Gasteiger partial charge on any atom is -0.444 e. The second-order valence-corrected chi connectivity index (χ2v) is 5.96. The third kappa shape index (κ3) is 4.94. The summed E-state index contributed by atoms with van der Waals surface area (Å²) in [6.45, 7) is 10.6. The molecule has 0 aliphatic carbocycles. The molecule has 1 amide bonds. The molecule has 1 aliphatic heterocycles. The molecule has 2 N–H and O–H groups in total. The maximum Gasteiger partial charge on any atom is 0.405 e. The molecule has 0 unspecified atom stereocenters. The Balaban J connectivity index is 2.37. The molecule has 0 spiro atoms. The van der Waals surface area contributed by atoms with Crippen molar-refractivity contribution in [2.24, 2.45) is 11.7 Å². The Hall–Kier alpha value is -0.770. The molecule has 0 aromatic heterocycles. The van der Waals surface area contributed by atoms with Crippen LogP contribution in [0.25, 0.3) is 0 Å². The van der Waals surface area contributed by atoms with E-state index in [-0.39, 0.29) is 0 Å². The van der Waals surface area contributed by atoms with Crippen LogP contribution in [0.5, 0.6) is 0 Å². The molecule has 4 heteroatoms. The van der Waals surface area contributed by atoms with E-state index in [4.69, 9.17) is 10.5 Å². The number of likely N-dealkylation sites (tertiary alicyclic amines) is 1. The summed E-state index contributed by atoms with van der Waals surface area (Å²) in [6.07, 6.45) is 2.60. The molecule has 100 valence electrons. The Morgan fingerprint density at radius 3 is 2.35 bits per heavy atom. The normalized spacial score (nSPS) is 19.6. The van der Waals surface area contributed by atoms with Gasteiger partial charge in [-0.05, 0) is 66.0 Å². The predicted molar refractivity (Wildman–Crippen MR) is 68.8 cm³/mol. The Kier molecular flexibility index (Phi) is 4.80. The largest absolute Gasteiger partial charge is 0.444 e. The van der Waals surface area contributed by atoms with E-state index in [1.165, 1.54) is 12.8 Å². The number of rotatable bonds is 4. The van der Waals surface area contributed by atoms with Crippen molar-refractivity contribution in [1.82, 2.24) is 4.90 Å². The van der Waals surface area contributed by atoms with Gasteiger partial charge >= 0.3 is 6.09 Å². The number of ether oxygens (including phenoxy) is 1. The number of piperidine rings is 1. The minimum atomic E-state index is -0.672. The fourth-order valence-electron chi connectivity index (χ4n) is 2.68. The third-order valence-corrected chi connectivity index (χ3v) is 3.54. The van der Waals surface area contributed by atoms with Gasteiger partial charge in [-0.25, -0.2) is 4.79 Å². The summed E-state index contributed by atoms with van der Waals surface area (Å²) in [5, 5.41) is 0. The summed E-state index contributed by atoms with van der Waals surface area (Å²) in [4.78, 5) is 13.3. The van der Waals surface area contributed by atoms with Crippen LogP contribution < -0.4 is 5.73 Å². The highest BCUT2D eigenvalue weighted by Gasteiger charge is 2.29. The molecule has 1 heterocycles. The van der Waals surface area contributed by atoms with Crippen molar-refractivity contribution >= 4 is 6.09 Å². The van der Waals surface area contributed by atoms with Gasteiger partial charge in [-0.3, -0.25) is 0 Å². The van der Waals surface area contributed by atoms with Gasteiger partial charge < -0.3 is 15.4 Å². The average Bonchev–Trinajstić information content (AvgIpc) is 2.15. The molecule has 1 aliphatic rings. The van der Waals surface area contributed by atoms with E-state index in [1.54, 1.807) is 0 Å². The van der Waals surface area contributed by atoms with E-state index in [9.17, 15) is 4.79 Å². The van der Waals surface area contributed by atoms with Crippen LogP contribution in [-0.4, -0.2) is 35.7 Å². The Labute approximate surface area is 104 Å². The zero-order chi connectivity index (χ0) is 13.1. The van der Waals surface area contributed by atoms with Gasteiger partial charge in [0.1, 0.15) is 5.60 Å². The average molecular weight is 242 g/mol. The van der Waals surface area contributed by atoms with Crippen molar-refractivity contribution in [3.63, 3.8) is 0 Å². The van der Waals surface area contributed by atoms with E-state index in [0.717, 1.165) is 19.5 Å². The SMILES string of the molecule is CC(C)N1CCC(CC(C)(C)OC(N)=O)CC1. The predicted octanol–water partition coefficient (Wildman–Crippen LogP) is 2.37. The molecule has 0 aromatic carbocycles. The second kappa shape index (κ2) is 5.71. The van der Waals surface area contributed by atoms with Crippen LogP contribution in [0, 0.1) is 5.92 Å². The zero-order valence-corrected chi connectivity index (χ0v) is 11.5. The maximum atomic E-state index is 10.8. The van der Waals surface area contributed by atoms with Crippen LogP contribution >= 0.6 is 0 Å². The van der Waals surface area contributed by atoms with Crippen molar-refractivity contribution in [3.05, 3.63) is 0 Å². The molecule has 17 heavy (non-hydrogen) atoms. The summed E-state index contributed by atoms with van der Waals surface area (Å²) >= 11 is 0.